The zero-order chi connectivity index (χ0) is 8.41. The molecular weight excluding hydrogens is 120 g/mol. The van der Waals surface area contributed by atoms with Crippen molar-refractivity contribution in [2.45, 2.75) is 53.9 Å². The third-order valence-electron chi connectivity index (χ3n) is 1.42. The smallest absolute Gasteiger partial charge is 0.0323 e. The van der Waals surface area contributed by atoms with Crippen LogP contribution in [0.15, 0.2) is 11.6 Å². The topological polar surface area (TPSA) is 0 Å². The van der Waals surface area contributed by atoms with E-state index in [1.54, 1.807) is 0 Å². The highest BCUT2D eigenvalue weighted by molar-refractivity contribution is 4.94. The van der Waals surface area contributed by atoms with E-state index in [1.807, 2.05) is 13.8 Å². The number of hydrogen-bond acceptors (Lipinski definition) is 0. The van der Waals surface area contributed by atoms with Gasteiger partial charge in [-0.15, -0.1) is 0 Å². The molecule has 0 saturated carbocycles. The minimum absolute atomic E-state index is 1.28. The number of rotatable bonds is 3. The summed E-state index contributed by atoms with van der Waals surface area (Å²) in [6.45, 7) is 10.5. The van der Waals surface area contributed by atoms with Crippen LogP contribution in [0.4, 0.5) is 0 Å². The van der Waals surface area contributed by atoms with Crippen molar-refractivity contribution < 1.29 is 0 Å². The summed E-state index contributed by atoms with van der Waals surface area (Å²) in [6, 6.07) is 0. The summed E-state index contributed by atoms with van der Waals surface area (Å²) in [6.07, 6.45) is 6.13. The molecule has 0 N–H and O–H groups in total. The Bertz CT molecular complexity index is 70.1. The molecule has 0 spiro atoms. The van der Waals surface area contributed by atoms with Crippen molar-refractivity contribution >= 4 is 0 Å². The molecule has 0 aromatic heterocycles. The van der Waals surface area contributed by atoms with Crippen LogP contribution in [-0.2, 0) is 0 Å². The lowest BCUT2D eigenvalue weighted by molar-refractivity contribution is 0.786. The van der Waals surface area contributed by atoms with E-state index in [-0.39, 0.29) is 0 Å². The first-order valence-electron chi connectivity index (χ1n) is 4.43. The molecule has 0 saturated heterocycles. The van der Waals surface area contributed by atoms with Gasteiger partial charge in [0.25, 0.3) is 0 Å². The van der Waals surface area contributed by atoms with Gasteiger partial charge in [0, 0.05) is 0 Å². The molecule has 0 heteroatoms. The second-order valence-corrected chi connectivity index (χ2v) is 2.24. The fourth-order valence-corrected chi connectivity index (χ4v) is 0.600. The molecule has 10 heavy (non-hydrogen) atoms. The quantitative estimate of drug-likeness (QED) is 0.519. The van der Waals surface area contributed by atoms with Crippen LogP contribution in [0.25, 0.3) is 0 Å². The highest BCUT2D eigenvalue weighted by Gasteiger charge is 1.83. The Kier molecular flexibility index (Phi) is 14.3. The van der Waals surface area contributed by atoms with E-state index in [0.717, 1.165) is 0 Å². The Morgan fingerprint density at radius 1 is 1.30 bits per heavy atom. The molecular formula is C10H22. The van der Waals surface area contributed by atoms with Crippen LogP contribution in [0.2, 0.25) is 0 Å². The molecule has 0 fully saturated rings. The van der Waals surface area contributed by atoms with E-state index in [9.17, 15) is 0 Å². The first kappa shape index (κ1) is 12.4. The molecule has 0 rings (SSSR count). The minimum atomic E-state index is 1.28. The fraction of sp³-hybridized carbons (Fsp3) is 0.800. The lowest BCUT2D eigenvalue weighted by atomic mass is 10.1. The van der Waals surface area contributed by atoms with E-state index >= 15 is 0 Å². The molecule has 0 aliphatic heterocycles. The van der Waals surface area contributed by atoms with Gasteiger partial charge in [0.1, 0.15) is 0 Å². The van der Waals surface area contributed by atoms with Crippen molar-refractivity contribution in [1.82, 2.24) is 0 Å². The predicted molar refractivity (Wildman–Crippen MR) is 50.3 cm³/mol. The summed E-state index contributed by atoms with van der Waals surface area (Å²) < 4.78 is 0. The van der Waals surface area contributed by atoms with Gasteiger partial charge in [0.2, 0.25) is 0 Å². The van der Waals surface area contributed by atoms with Crippen molar-refractivity contribution in [1.29, 1.82) is 0 Å². The van der Waals surface area contributed by atoms with Gasteiger partial charge < -0.3 is 0 Å². The molecule has 0 heterocycles. The summed E-state index contributed by atoms with van der Waals surface area (Å²) in [7, 11) is 0. The average molecular weight is 142 g/mol. The molecule has 0 aromatic rings. The Morgan fingerprint density at radius 3 is 2.10 bits per heavy atom. The number of unbranched alkanes of at least 4 members (excludes halogenated alkanes) is 1. The van der Waals surface area contributed by atoms with Crippen molar-refractivity contribution in [3.63, 3.8) is 0 Å². The summed E-state index contributed by atoms with van der Waals surface area (Å²) in [5.41, 5.74) is 1.52. The van der Waals surface area contributed by atoms with Gasteiger partial charge in [-0.3, -0.25) is 0 Å². The third kappa shape index (κ3) is 10.7. The maximum absolute atomic E-state index is 2.23. The molecule has 0 atom stereocenters. The van der Waals surface area contributed by atoms with E-state index < -0.39 is 0 Å². The molecule has 62 valence electrons. The molecule has 0 aliphatic carbocycles. The first-order valence-corrected chi connectivity index (χ1v) is 4.43. The standard InChI is InChI=1S/C8H16.C2H6/c1-4-6-7-8(3)5-2;1-2/h5H,4,6-7H2,1-3H3;1-2H3/b8-5-;. The zero-order valence-electron chi connectivity index (χ0n) is 8.20. The van der Waals surface area contributed by atoms with Gasteiger partial charge in [-0.1, -0.05) is 38.8 Å². The van der Waals surface area contributed by atoms with Crippen LogP contribution < -0.4 is 0 Å². The SMILES string of the molecule is C/C=C(/C)CCCC.CC. The third-order valence-corrected chi connectivity index (χ3v) is 1.42. The van der Waals surface area contributed by atoms with Gasteiger partial charge in [-0.2, -0.15) is 0 Å². The summed E-state index contributed by atoms with van der Waals surface area (Å²) in [4.78, 5) is 0. The van der Waals surface area contributed by atoms with Gasteiger partial charge in [-0.05, 0) is 26.7 Å². The number of hydrogen-bond donors (Lipinski definition) is 0. The second-order valence-electron chi connectivity index (χ2n) is 2.24. The van der Waals surface area contributed by atoms with E-state index in [4.69, 9.17) is 0 Å². The monoisotopic (exact) mass is 142 g/mol. The molecule has 0 aromatic carbocycles. The highest BCUT2D eigenvalue weighted by Crippen LogP contribution is 2.04. The molecule has 0 unspecified atom stereocenters. The van der Waals surface area contributed by atoms with Crippen LogP contribution >= 0.6 is 0 Å². The van der Waals surface area contributed by atoms with Crippen molar-refractivity contribution in [2.75, 3.05) is 0 Å². The maximum atomic E-state index is 2.23. The van der Waals surface area contributed by atoms with Crippen molar-refractivity contribution in [3.8, 4) is 0 Å². The molecule has 0 bridgehead atoms. The lowest BCUT2D eigenvalue weighted by Gasteiger charge is -1.94. The normalized spacial score (nSPS) is 10.3. The van der Waals surface area contributed by atoms with Crippen molar-refractivity contribution in [3.05, 3.63) is 11.6 Å². The largest absolute Gasteiger partial charge is 0.0887 e. The second kappa shape index (κ2) is 11.5. The number of allylic oxidation sites excluding steroid dienone is 2. The summed E-state index contributed by atoms with van der Waals surface area (Å²) in [5, 5.41) is 0. The van der Waals surface area contributed by atoms with Gasteiger partial charge in [0.15, 0.2) is 0 Å². The van der Waals surface area contributed by atoms with Gasteiger partial charge >= 0.3 is 0 Å². The van der Waals surface area contributed by atoms with E-state index in [0.29, 0.717) is 0 Å². The Morgan fingerprint density at radius 2 is 1.80 bits per heavy atom. The fourth-order valence-electron chi connectivity index (χ4n) is 0.600. The van der Waals surface area contributed by atoms with Gasteiger partial charge in [-0.25, -0.2) is 0 Å². The predicted octanol–water partition coefficient (Wildman–Crippen LogP) is 4.17. The van der Waals surface area contributed by atoms with Crippen LogP contribution in [0.5, 0.6) is 0 Å². The van der Waals surface area contributed by atoms with E-state index in [1.165, 1.54) is 24.8 Å². The van der Waals surface area contributed by atoms with E-state index in [2.05, 4.69) is 26.8 Å². The highest BCUT2D eigenvalue weighted by atomic mass is 13.9. The molecule has 0 amide bonds. The molecule has 0 radical (unpaired) electrons. The molecule has 0 nitrogen and oxygen atoms in total. The zero-order valence-corrected chi connectivity index (χ0v) is 8.20. The van der Waals surface area contributed by atoms with Crippen LogP contribution in [0.1, 0.15) is 53.9 Å². The van der Waals surface area contributed by atoms with Crippen LogP contribution in [0, 0.1) is 0 Å². The summed E-state index contributed by atoms with van der Waals surface area (Å²) in [5.74, 6) is 0. The minimum Gasteiger partial charge on any atom is -0.0887 e. The van der Waals surface area contributed by atoms with Crippen LogP contribution in [0.3, 0.4) is 0 Å². The Hall–Kier alpha value is -0.260. The summed E-state index contributed by atoms with van der Waals surface area (Å²) >= 11 is 0. The van der Waals surface area contributed by atoms with Gasteiger partial charge in [0.05, 0.1) is 0 Å². The first-order chi connectivity index (χ1) is 4.81. The molecule has 0 aliphatic rings. The average Bonchev–Trinajstić information content (AvgIpc) is 2.04. The lowest BCUT2D eigenvalue weighted by Crippen LogP contribution is -1.74. The Labute approximate surface area is 66.3 Å². The Balaban J connectivity index is 0. The van der Waals surface area contributed by atoms with Crippen LogP contribution in [-0.4, -0.2) is 0 Å². The van der Waals surface area contributed by atoms with Crippen molar-refractivity contribution in [2.24, 2.45) is 0 Å². The maximum Gasteiger partial charge on any atom is -0.0323 e.